The van der Waals surface area contributed by atoms with Gasteiger partial charge in [-0.1, -0.05) is 36.1 Å². The summed E-state index contributed by atoms with van der Waals surface area (Å²) in [6.07, 6.45) is 2.62. The van der Waals surface area contributed by atoms with Crippen LogP contribution in [0, 0.1) is 0 Å². The highest BCUT2D eigenvalue weighted by Gasteiger charge is 2.31. The third-order valence-corrected chi connectivity index (χ3v) is 6.45. The molecule has 0 spiro atoms. The second-order valence-electron chi connectivity index (χ2n) is 7.38. The Morgan fingerprint density at radius 1 is 1.19 bits per heavy atom. The molecule has 0 atom stereocenters. The fourth-order valence-corrected chi connectivity index (χ4v) is 4.53. The maximum atomic E-state index is 12.7. The molecule has 0 aromatic heterocycles. The summed E-state index contributed by atoms with van der Waals surface area (Å²) in [5.41, 5.74) is 4.16. The Kier molecular flexibility index (Phi) is 8.19. The molecule has 0 radical (unpaired) electrons. The van der Waals surface area contributed by atoms with Crippen LogP contribution in [0.25, 0.3) is 6.08 Å². The van der Waals surface area contributed by atoms with Crippen molar-refractivity contribution in [1.82, 2.24) is 20.2 Å². The number of likely N-dealkylation sites (N-methyl/N-ethyl adjacent to an activating group) is 1. The van der Waals surface area contributed by atoms with Crippen molar-refractivity contribution in [1.29, 1.82) is 0 Å². The highest BCUT2D eigenvalue weighted by molar-refractivity contribution is 8.26. The van der Waals surface area contributed by atoms with Gasteiger partial charge in [0.2, 0.25) is 5.91 Å². The Morgan fingerprint density at radius 2 is 1.87 bits per heavy atom. The van der Waals surface area contributed by atoms with Gasteiger partial charge in [0.25, 0.3) is 5.91 Å². The number of hydrogen-bond donors (Lipinski definition) is 1. The predicted molar refractivity (Wildman–Crippen MR) is 124 cm³/mol. The predicted octanol–water partition coefficient (Wildman–Crippen LogP) is 1.73. The summed E-state index contributed by atoms with van der Waals surface area (Å²) in [6, 6.07) is 6.80. The summed E-state index contributed by atoms with van der Waals surface area (Å²) in [7, 11) is 3.39. The Labute approximate surface area is 191 Å². The molecule has 0 saturated carbocycles. The van der Waals surface area contributed by atoms with Crippen LogP contribution < -0.4 is 5.43 Å². The van der Waals surface area contributed by atoms with Crippen molar-refractivity contribution < 1.29 is 19.1 Å². The lowest BCUT2D eigenvalue weighted by molar-refractivity contribution is -0.127. The average Bonchev–Trinajstić information content (AvgIpc) is 3.02. The van der Waals surface area contributed by atoms with Gasteiger partial charge in [-0.3, -0.25) is 19.9 Å². The van der Waals surface area contributed by atoms with Crippen molar-refractivity contribution >= 4 is 52.2 Å². The van der Waals surface area contributed by atoms with Crippen LogP contribution >= 0.6 is 24.0 Å². The summed E-state index contributed by atoms with van der Waals surface area (Å²) in [5, 5.41) is 1.94. The largest absolute Gasteiger partial charge is 0.465 e. The van der Waals surface area contributed by atoms with Gasteiger partial charge in [-0.15, -0.1) is 0 Å². The molecule has 1 aromatic rings. The number of esters is 1. The number of thiocarbonyl (C=S) groups is 1. The molecule has 3 rings (SSSR count). The van der Waals surface area contributed by atoms with Crippen LogP contribution in [0.1, 0.15) is 28.8 Å². The lowest BCUT2D eigenvalue weighted by Crippen LogP contribution is -2.52. The molecule has 2 fully saturated rings. The van der Waals surface area contributed by atoms with Crippen LogP contribution in [0.4, 0.5) is 0 Å². The number of ether oxygens (including phenoxy) is 1. The van der Waals surface area contributed by atoms with Crippen molar-refractivity contribution in [3.63, 3.8) is 0 Å². The summed E-state index contributed by atoms with van der Waals surface area (Å²) in [6.45, 7) is 3.87. The highest BCUT2D eigenvalue weighted by Crippen LogP contribution is 2.32. The third-order valence-electron chi connectivity index (χ3n) is 5.07. The number of benzene rings is 1. The number of carbonyl (C=O) groups is 3. The van der Waals surface area contributed by atoms with E-state index in [-0.39, 0.29) is 11.8 Å². The lowest BCUT2D eigenvalue weighted by Gasteiger charge is -2.32. The fourth-order valence-electron chi connectivity index (χ4n) is 3.23. The SMILES string of the molecule is COC(=O)c1ccc(/C=C2\SC(=S)N(CCCC(=O)NN3CCN(C)CC3)C2=O)cc1. The zero-order valence-electron chi connectivity index (χ0n) is 17.6. The van der Waals surface area contributed by atoms with Crippen molar-refractivity contribution in [3.05, 3.63) is 40.3 Å². The summed E-state index contributed by atoms with van der Waals surface area (Å²) >= 11 is 6.60. The van der Waals surface area contributed by atoms with E-state index < -0.39 is 5.97 Å². The molecule has 2 heterocycles. The zero-order chi connectivity index (χ0) is 22.4. The van der Waals surface area contributed by atoms with Crippen LogP contribution in [-0.4, -0.2) is 83.8 Å². The van der Waals surface area contributed by atoms with E-state index >= 15 is 0 Å². The van der Waals surface area contributed by atoms with Crippen LogP contribution in [0.5, 0.6) is 0 Å². The topological polar surface area (TPSA) is 82.2 Å². The minimum atomic E-state index is -0.408. The van der Waals surface area contributed by atoms with E-state index in [0.717, 1.165) is 31.7 Å². The van der Waals surface area contributed by atoms with Gasteiger partial charge in [0.05, 0.1) is 17.6 Å². The second-order valence-corrected chi connectivity index (χ2v) is 9.05. The third kappa shape index (κ3) is 6.36. The quantitative estimate of drug-likeness (QED) is 0.373. The van der Waals surface area contributed by atoms with E-state index in [1.54, 1.807) is 30.3 Å². The van der Waals surface area contributed by atoms with E-state index in [1.807, 2.05) is 5.01 Å². The molecule has 0 aliphatic carbocycles. The lowest BCUT2D eigenvalue weighted by atomic mass is 10.1. The Morgan fingerprint density at radius 3 is 2.52 bits per heavy atom. The Bertz CT molecular complexity index is 880. The van der Waals surface area contributed by atoms with Gasteiger partial charge in [-0.25, -0.2) is 9.80 Å². The van der Waals surface area contributed by atoms with Crippen molar-refractivity contribution in [2.24, 2.45) is 0 Å². The number of hydrazine groups is 1. The van der Waals surface area contributed by atoms with Crippen LogP contribution in [-0.2, 0) is 14.3 Å². The first-order valence-corrected chi connectivity index (χ1v) is 11.3. The first kappa shape index (κ1) is 23.4. The minimum Gasteiger partial charge on any atom is -0.465 e. The number of hydrogen-bond acceptors (Lipinski definition) is 8. The number of amides is 2. The van der Waals surface area contributed by atoms with Gasteiger partial charge >= 0.3 is 5.97 Å². The smallest absolute Gasteiger partial charge is 0.337 e. The molecule has 2 saturated heterocycles. The van der Waals surface area contributed by atoms with Gasteiger partial charge in [-0.2, -0.15) is 0 Å². The van der Waals surface area contributed by atoms with E-state index in [1.165, 1.54) is 23.8 Å². The van der Waals surface area contributed by atoms with E-state index in [2.05, 4.69) is 22.1 Å². The zero-order valence-corrected chi connectivity index (χ0v) is 19.3. The van der Waals surface area contributed by atoms with Crippen molar-refractivity contribution in [3.8, 4) is 0 Å². The van der Waals surface area contributed by atoms with Crippen molar-refractivity contribution in [2.75, 3.05) is 46.9 Å². The monoisotopic (exact) mass is 462 g/mol. The van der Waals surface area contributed by atoms with Gasteiger partial charge < -0.3 is 9.64 Å². The molecular formula is C21H26N4O4S2. The molecule has 0 unspecified atom stereocenters. The number of methoxy groups -OCH3 is 1. The standard InChI is InChI=1S/C21H26N4O4S2/c1-23-10-12-24(13-11-23)22-18(26)4-3-9-25-19(27)17(31-21(25)30)14-15-5-7-16(8-6-15)20(28)29-2/h5-8,14H,3-4,9-13H2,1-2H3,(H,22,26)/b17-14-. The Hall–Kier alpha value is -2.27. The maximum absolute atomic E-state index is 12.7. The minimum absolute atomic E-state index is 0.0452. The van der Waals surface area contributed by atoms with E-state index in [4.69, 9.17) is 12.2 Å². The molecule has 8 nitrogen and oxygen atoms in total. The molecule has 10 heteroatoms. The molecule has 1 aromatic carbocycles. The molecule has 1 N–H and O–H groups in total. The molecule has 2 aliphatic heterocycles. The normalized spacial score (nSPS) is 19.2. The van der Waals surface area contributed by atoms with Gasteiger partial charge in [0, 0.05) is 39.1 Å². The number of piperazine rings is 1. The number of thioether (sulfide) groups is 1. The molecule has 31 heavy (non-hydrogen) atoms. The maximum Gasteiger partial charge on any atom is 0.337 e. The van der Waals surface area contributed by atoms with E-state index in [0.29, 0.717) is 34.2 Å². The van der Waals surface area contributed by atoms with Gasteiger partial charge in [0.15, 0.2) is 0 Å². The summed E-state index contributed by atoms with van der Waals surface area (Å²) in [5.74, 6) is -0.614. The fraction of sp³-hybridized carbons (Fsp3) is 0.429. The van der Waals surface area contributed by atoms with Crippen LogP contribution in [0.3, 0.4) is 0 Å². The number of nitrogens with zero attached hydrogens (tertiary/aromatic N) is 3. The molecular weight excluding hydrogens is 436 g/mol. The average molecular weight is 463 g/mol. The van der Waals surface area contributed by atoms with Gasteiger partial charge in [-0.05, 0) is 37.2 Å². The molecule has 0 bridgehead atoms. The number of rotatable bonds is 7. The molecule has 166 valence electrons. The van der Waals surface area contributed by atoms with E-state index in [9.17, 15) is 14.4 Å². The van der Waals surface area contributed by atoms with Gasteiger partial charge in [0.1, 0.15) is 4.32 Å². The Balaban J connectivity index is 1.49. The summed E-state index contributed by atoms with van der Waals surface area (Å²) < 4.78 is 5.17. The first-order valence-electron chi connectivity index (χ1n) is 10.0. The van der Waals surface area contributed by atoms with Crippen LogP contribution in [0.2, 0.25) is 0 Å². The second kappa shape index (κ2) is 10.9. The summed E-state index contributed by atoms with van der Waals surface area (Å²) in [4.78, 5) is 40.7. The number of carbonyl (C=O) groups excluding carboxylic acids is 3. The van der Waals surface area contributed by atoms with Crippen molar-refractivity contribution in [2.45, 2.75) is 12.8 Å². The van der Waals surface area contributed by atoms with Crippen LogP contribution in [0.15, 0.2) is 29.2 Å². The highest BCUT2D eigenvalue weighted by atomic mass is 32.2. The first-order chi connectivity index (χ1) is 14.9. The molecule has 2 amide bonds. The molecule has 2 aliphatic rings. The number of nitrogens with one attached hydrogen (secondary N) is 1.